The van der Waals surface area contributed by atoms with Crippen LogP contribution in [-0.4, -0.2) is 16.8 Å². The molecule has 1 heterocycles. The summed E-state index contributed by atoms with van der Waals surface area (Å²) in [5.41, 5.74) is 3.89. The minimum absolute atomic E-state index is 0.509. The van der Waals surface area contributed by atoms with Crippen LogP contribution < -0.4 is 0 Å². The van der Waals surface area contributed by atoms with E-state index in [0.717, 1.165) is 5.88 Å². The molecule has 0 spiro atoms. The topological polar surface area (TPSA) is 12.4 Å². The molecular weight excluding hydrogens is 178 g/mol. The van der Waals surface area contributed by atoms with Crippen LogP contribution in [0.1, 0.15) is 11.1 Å². The molecule has 2 aliphatic rings. The summed E-state index contributed by atoms with van der Waals surface area (Å²) in [7, 11) is 0. The third-order valence-corrected chi connectivity index (χ3v) is 3.46. The summed E-state index contributed by atoms with van der Waals surface area (Å²) >= 11 is 1.90. The fourth-order valence-electron chi connectivity index (χ4n) is 1.81. The number of aliphatic imine (C=N–C) groups is 1. The van der Waals surface area contributed by atoms with Gasteiger partial charge >= 0.3 is 0 Å². The largest absolute Gasteiger partial charge is 0.277 e. The molecule has 1 unspecified atom stereocenters. The van der Waals surface area contributed by atoms with Gasteiger partial charge in [-0.3, -0.25) is 4.99 Å². The first kappa shape index (κ1) is 7.39. The predicted molar refractivity (Wildman–Crippen MR) is 58.3 cm³/mol. The number of hydrogen-bond donors (Lipinski definition) is 0. The molecule has 64 valence electrons. The van der Waals surface area contributed by atoms with Crippen LogP contribution in [0.25, 0.3) is 6.08 Å². The minimum Gasteiger partial charge on any atom is -0.277 e. The summed E-state index contributed by atoms with van der Waals surface area (Å²) in [6, 6.07) is 8.47. The second-order valence-electron chi connectivity index (χ2n) is 3.21. The summed E-state index contributed by atoms with van der Waals surface area (Å²) in [6.07, 6.45) is 4.45. The summed E-state index contributed by atoms with van der Waals surface area (Å²) in [5, 5.41) is 0.509. The van der Waals surface area contributed by atoms with Gasteiger partial charge in [-0.15, -0.1) is 11.8 Å². The van der Waals surface area contributed by atoms with Crippen molar-refractivity contribution in [2.75, 3.05) is 5.88 Å². The van der Waals surface area contributed by atoms with Crippen molar-refractivity contribution >= 4 is 23.5 Å². The van der Waals surface area contributed by atoms with Crippen LogP contribution in [0.15, 0.2) is 35.3 Å². The molecule has 1 aromatic rings. The van der Waals surface area contributed by atoms with Gasteiger partial charge < -0.3 is 0 Å². The van der Waals surface area contributed by atoms with E-state index in [1.165, 1.54) is 16.8 Å². The van der Waals surface area contributed by atoms with Crippen molar-refractivity contribution in [3.8, 4) is 0 Å². The lowest BCUT2D eigenvalue weighted by atomic mass is 9.95. The number of hydrogen-bond acceptors (Lipinski definition) is 2. The van der Waals surface area contributed by atoms with E-state index in [-0.39, 0.29) is 0 Å². The molecule has 1 aromatic carbocycles. The van der Waals surface area contributed by atoms with Crippen molar-refractivity contribution in [1.29, 1.82) is 0 Å². The Morgan fingerprint density at radius 1 is 1.31 bits per heavy atom. The van der Waals surface area contributed by atoms with Crippen molar-refractivity contribution in [3.63, 3.8) is 0 Å². The quantitative estimate of drug-likeness (QED) is 0.608. The number of thioether (sulfide) groups is 1. The summed E-state index contributed by atoms with van der Waals surface area (Å²) in [6.45, 7) is 0. The lowest BCUT2D eigenvalue weighted by Crippen LogP contribution is -2.16. The summed E-state index contributed by atoms with van der Waals surface area (Å²) in [4.78, 5) is 4.53. The van der Waals surface area contributed by atoms with E-state index in [2.05, 4.69) is 41.4 Å². The standard InChI is InChI=1S/C11H9NS/c1-2-4-9-8(3-1)5-6-10-11(9)12-7-13-10/h1-6,10H,7H2. The number of fused-ring (bicyclic) bond motifs is 3. The van der Waals surface area contributed by atoms with Crippen LogP contribution >= 0.6 is 11.8 Å². The molecule has 1 nitrogen and oxygen atoms in total. The molecule has 2 heteroatoms. The van der Waals surface area contributed by atoms with E-state index in [1.807, 2.05) is 11.8 Å². The highest BCUT2D eigenvalue weighted by molar-refractivity contribution is 8.01. The highest BCUT2D eigenvalue weighted by Crippen LogP contribution is 2.31. The molecule has 0 aromatic heterocycles. The van der Waals surface area contributed by atoms with Gasteiger partial charge in [0.05, 0.1) is 16.8 Å². The van der Waals surface area contributed by atoms with Gasteiger partial charge in [-0.05, 0) is 5.56 Å². The highest BCUT2D eigenvalue weighted by Gasteiger charge is 2.24. The zero-order valence-electron chi connectivity index (χ0n) is 7.10. The van der Waals surface area contributed by atoms with Crippen LogP contribution in [0.4, 0.5) is 0 Å². The molecule has 13 heavy (non-hydrogen) atoms. The predicted octanol–water partition coefficient (Wildman–Crippen LogP) is 2.58. The van der Waals surface area contributed by atoms with Crippen LogP contribution in [0, 0.1) is 0 Å². The molecule has 0 saturated carbocycles. The monoisotopic (exact) mass is 187 g/mol. The Morgan fingerprint density at radius 2 is 2.23 bits per heavy atom. The lowest BCUT2D eigenvalue weighted by molar-refractivity contribution is 1.36. The zero-order valence-corrected chi connectivity index (χ0v) is 7.92. The Bertz CT molecular complexity index is 406. The van der Waals surface area contributed by atoms with Gasteiger partial charge in [0.15, 0.2) is 0 Å². The maximum Gasteiger partial charge on any atom is 0.0857 e. The van der Waals surface area contributed by atoms with Gasteiger partial charge in [0.25, 0.3) is 0 Å². The number of nitrogens with zero attached hydrogens (tertiary/aromatic N) is 1. The Hall–Kier alpha value is -1.02. The molecule has 0 amide bonds. The number of rotatable bonds is 0. The normalized spacial score (nSPS) is 23.7. The first-order valence-corrected chi connectivity index (χ1v) is 5.43. The Kier molecular flexibility index (Phi) is 1.56. The van der Waals surface area contributed by atoms with E-state index in [1.54, 1.807) is 0 Å². The Labute approximate surface area is 81.6 Å². The van der Waals surface area contributed by atoms with Crippen LogP contribution in [-0.2, 0) is 0 Å². The number of benzene rings is 1. The molecule has 1 aliphatic heterocycles. The van der Waals surface area contributed by atoms with Crippen molar-refractivity contribution < 1.29 is 0 Å². The van der Waals surface area contributed by atoms with Gasteiger partial charge in [-0.25, -0.2) is 0 Å². The fraction of sp³-hybridized carbons (Fsp3) is 0.182. The molecular formula is C11H9NS. The van der Waals surface area contributed by atoms with Crippen molar-refractivity contribution in [3.05, 3.63) is 41.5 Å². The highest BCUT2D eigenvalue weighted by atomic mass is 32.2. The van der Waals surface area contributed by atoms with Crippen molar-refractivity contribution in [2.45, 2.75) is 5.25 Å². The van der Waals surface area contributed by atoms with Gasteiger partial charge in [0.1, 0.15) is 0 Å². The molecule has 0 bridgehead atoms. The van der Waals surface area contributed by atoms with E-state index in [0.29, 0.717) is 5.25 Å². The zero-order chi connectivity index (χ0) is 8.67. The minimum atomic E-state index is 0.509. The summed E-state index contributed by atoms with van der Waals surface area (Å²) < 4.78 is 0. The molecule has 0 saturated heterocycles. The van der Waals surface area contributed by atoms with E-state index < -0.39 is 0 Å². The first-order valence-electron chi connectivity index (χ1n) is 4.39. The van der Waals surface area contributed by atoms with Gasteiger partial charge in [0.2, 0.25) is 0 Å². The second kappa shape index (κ2) is 2.74. The molecule has 0 fully saturated rings. The van der Waals surface area contributed by atoms with Gasteiger partial charge in [0, 0.05) is 5.56 Å². The van der Waals surface area contributed by atoms with Crippen LogP contribution in [0.5, 0.6) is 0 Å². The Morgan fingerprint density at radius 3 is 3.23 bits per heavy atom. The van der Waals surface area contributed by atoms with E-state index in [4.69, 9.17) is 0 Å². The smallest absolute Gasteiger partial charge is 0.0857 e. The second-order valence-corrected chi connectivity index (χ2v) is 4.31. The molecule has 0 radical (unpaired) electrons. The molecule has 0 N–H and O–H groups in total. The fourth-order valence-corrected chi connectivity index (χ4v) is 2.73. The molecule has 1 aliphatic carbocycles. The van der Waals surface area contributed by atoms with E-state index >= 15 is 0 Å². The third kappa shape index (κ3) is 1.05. The summed E-state index contributed by atoms with van der Waals surface area (Å²) in [5.74, 6) is 0.915. The third-order valence-electron chi connectivity index (χ3n) is 2.45. The first-order chi connectivity index (χ1) is 6.45. The maximum absolute atomic E-state index is 4.53. The lowest BCUT2D eigenvalue weighted by Gasteiger charge is -2.15. The van der Waals surface area contributed by atoms with Gasteiger partial charge in [-0.2, -0.15) is 0 Å². The average Bonchev–Trinajstić information content (AvgIpc) is 2.65. The van der Waals surface area contributed by atoms with E-state index in [9.17, 15) is 0 Å². The van der Waals surface area contributed by atoms with Crippen molar-refractivity contribution in [1.82, 2.24) is 0 Å². The van der Waals surface area contributed by atoms with Crippen LogP contribution in [0.2, 0.25) is 0 Å². The van der Waals surface area contributed by atoms with Crippen molar-refractivity contribution in [2.24, 2.45) is 4.99 Å². The molecule has 1 atom stereocenters. The van der Waals surface area contributed by atoms with Crippen LogP contribution in [0.3, 0.4) is 0 Å². The average molecular weight is 187 g/mol. The SMILES string of the molecule is C1=CC2SCN=C2c2ccccc21. The maximum atomic E-state index is 4.53. The van der Waals surface area contributed by atoms with Gasteiger partial charge in [-0.1, -0.05) is 36.4 Å². The Balaban J connectivity index is 2.23. The molecule has 3 rings (SSSR count).